The molecule has 0 bridgehead atoms. The largest absolute Gasteiger partial charge is 0.322 e. The summed E-state index contributed by atoms with van der Waals surface area (Å²) in [5.41, 5.74) is 2.53. The van der Waals surface area contributed by atoms with Gasteiger partial charge in [-0.25, -0.2) is 0 Å². The van der Waals surface area contributed by atoms with Crippen molar-refractivity contribution in [3.05, 3.63) is 69.6 Å². The Morgan fingerprint density at radius 3 is 2.44 bits per heavy atom. The molecule has 25 heavy (non-hydrogen) atoms. The van der Waals surface area contributed by atoms with Crippen LogP contribution in [0, 0.1) is 5.92 Å². The van der Waals surface area contributed by atoms with E-state index in [1.54, 1.807) is 24.1 Å². The fourth-order valence-corrected chi connectivity index (χ4v) is 4.46. The van der Waals surface area contributed by atoms with Crippen LogP contribution in [-0.4, -0.2) is 16.4 Å². The number of nitrogens with one attached hydrogen (secondary N) is 1. The maximum absolute atomic E-state index is 12.3. The molecule has 1 heterocycles. The maximum atomic E-state index is 12.3. The Bertz CT molecular complexity index is 774. The molecule has 3 rings (SSSR count). The van der Waals surface area contributed by atoms with Gasteiger partial charge in [0.2, 0.25) is 0 Å². The van der Waals surface area contributed by atoms with Gasteiger partial charge in [-0.3, -0.25) is 4.79 Å². The zero-order chi connectivity index (χ0) is 18.0. The van der Waals surface area contributed by atoms with Crippen molar-refractivity contribution in [3.8, 4) is 0 Å². The van der Waals surface area contributed by atoms with Gasteiger partial charge in [0.25, 0.3) is 5.91 Å². The third-order valence-electron chi connectivity index (χ3n) is 4.53. The third-order valence-corrected chi connectivity index (χ3v) is 6.69. The first kappa shape index (κ1) is 18.6. The van der Waals surface area contributed by atoms with Crippen molar-refractivity contribution >= 4 is 46.6 Å². The van der Waals surface area contributed by atoms with Gasteiger partial charge in [-0.2, -0.15) is 11.8 Å². The summed E-state index contributed by atoms with van der Waals surface area (Å²) in [5.74, 6) is 2.60. The smallest absolute Gasteiger partial charge is 0.255 e. The van der Waals surface area contributed by atoms with E-state index in [1.807, 2.05) is 23.9 Å². The molecule has 1 saturated heterocycles. The first-order chi connectivity index (χ1) is 11.8. The van der Waals surface area contributed by atoms with E-state index in [1.165, 1.54) is 17.7 Å². The highest BCUT2D eigenvalue weighted by atomic mass is 35.5. The molecule has 131 valence electrons. The highest BCUT2D eigenvalue weighted by molar-refractivity contribution is 8.01. The van der Waals surface area contributed by atoms with Gasteiger partial charge in [0.15, 0.2) is 0 Å². The lowest BCUT2D eigenvalue weighted by atomic mass is 9.87. The zero-order valence-corrected chi connectivity index (χ0v) is 16.6. The molecule has 2 aromatic rings. The molecule has 0 aromatic heterocycles. The molecular formula is C20H20Cl2NOS. The average molecular weight is 393 g/mol. The molecule has 2 nitrogen and oxygen atoms in total. The highest BCUT2D eigenvalue weighted by Crippen LogP contribution is 2.45. The lowest BCUT2D eigenvalue weighted by molar-refractivity contribution is 0.102. The molecule has 0 aliphatic carbocycles. The molecular weight excluding hydrogens is 373 g/mol. The Balaban J connectivity index is 1.64. The molecule has 1 N–H and O–H groups in total. The number of amides is 1. The summed E-state index contributed by atoms with van der Waals surface area (Å²) in [6, 6.07) is 12.9. The lowest BCUT2D eigenvalue weighted by Gasteiger charge is -2.25. The molecule has 5 heteroatoms. The van der Waals surface area contributed by atoms with E-state index in [-0.39, 0.29) is 10.7 Å². The van der Waals surface area contributed by atoms with Gasteiger partial charge in [0, 0.05) is 16.0 Å². The minimum absolute atomic E-state index is 0.200. The predicted octanol–water partition coefficient (Wildman–Crippen LogP) is 6.28. The second-order valence-electron chi connectivity index (χ2n) is 6.67. The Morgan fingerprint density at radius 1 is 1.12 bits per heavy atom. The first-order valence-corrected chi connectivity index (χ1v) is 9.94. The number of hydrogen-bond acceptors (Lipinski definition) is 2. The predicted molar refractivity (Wildman–Crippen MR) is 109 cm³/mol. The summed E-state index contributed by atoms with van der Waals surface area (Å²) in [4.78, 5) is 12.3. The Morgan fingerprint density at radius 2 is 1.84 bits per heavy atom. The molecule has 0 spiro atoms. The first-order valence-electron chi connectivity index (χ1n) is 8.19. The third kappa shape index (κ3) is 4.52. The average Bonchev–Trinajstić information content (AvgIpc) is 2.90. The number of anilines is 1. The van der Waals surface area contributed by atoms with Crippen molar-refractivity contribution in [2.24, 2.45) is 0 Å². The number of benzene rings is 2. The van der Waals surface area contributed by atoms with Gasteiger partial charge >= 0.3 is 0 Å². The summed E-state index contributed by atoms with van der Waals surface area (Å²) in [5, 5.41) is 3.70. The lowest BCUT2D eigenvalue weighted by Crippen LogP contribution is -2.21. The molecule has 2 aromatic carbocycles. The van der Waals surface area contributed by atoms with Crippen molar-refractivity contribution < 1.29 is 4.79 Å². The quantitative estimate of drug-likeness (QED) is 0.663. The standard InChI is InChI=1S/C20H20Cl2NOS/c1-20(2)15(9-10-25-20)11-13-3-6-16(7-4-13)23-19(24)14-5-8-17(21)18(22)12-14/h3-8,12H,9-11H2,1-2H3,(H,23,24). The van der Waals surface area contributed by atoms with E-state index < -0.39 is 0 Å². The van der Waals surface area contributed by atoms with Crippen LogP contribution in [0.15, 0.2) is 42.5 Å². The number of carbonyl (C=O) groups is 1. The van der Waals surface area contributed by atoms with Gasteiger partial charge in [-0.05, 0) is 60.4 Å². The monoisotopic (exact) mass is 392 g/mol. The molecule has 0 unspecified atom stereocenters. The summed E-state index contributed by atoms with van der Waals surface area (Å²) >= 11 is 13.9. The minimum atomic E-state index is -0.200. The molecule has 0 atom stereocenters. The van der Waals surface area contributed by atoms with Crippen molar-refractivity contribution in [1.82, 2.24) is 0 Å². The number of carbonyl (C=O) groups excluding carboxylic acids is 1. The van der Waals surface area contributed by atoms with Crippen molar-refractivity contribution in [2.45, 2.75) is 31.4 Å². The van der Waals surface area contributed by atoms with Crippen LogP contribution in [0.1, 0.15) is 36.2 Å². The van der Waals surface area contributed by atoms with Crippen LogP contribution < -0.4 is 5.32 Å². The second-order valence-corrected chi connectivity index (χ2v) is 9.20. The summed E-state index contributed by atoms with van der Waals surface area (Å²) in [6.07, 6.45) is 2.19. The van der Waals surface area contributed by atoms with Gasteiger partial charge in [0.1, 0.15) is 0 Å². The van der Waals surface area contributed by atoms with Crippen LogP contribution in [0.2, 0.25) is 10.0 Å². The van der Waals surface area contributed by atoms with Crippen LogP contribution in [0.3, 0.4) is 0 Å². The maximum Gasteiger partial charge on any atom is 0.255 e. The van der Waals surface area contributed by atoms with Crippen LogP contribution >= 0.6 is 35.0 Å². The van der Waals surface area contributed by atoms with Crippen LogP contribution in [0.25, 0.3) is 0 Å². The number of halogens is 2. The second kappa shape index (κ2) is 7.61. The van der Waals surface area contributed by atoms with Crippen LogP contribution in [0.4, 0.5) is 5.69 Å². The fourth-order valence-electron chi connectivity index (χ4n) is 2.93. The van der Waals surface area contributed by atoms with E-state index in [0.29, 0.717) is 15.6 Å². The van der Waals surface area contributed by atoms with Crippen molar-refractivity contribution in [1.29, 1.82) is 0 Å². The van der Waals surface area contributed by atoms with E-state index in [2.05, 4.69) is 31.3 Å². The summed E-state index contributed by atoms with van der Waals surface area (Å²) in [6.45, 7) is 4.59. The van der Waals surface area contributed by atoms with Gasteiger partial charge < -0.3 is 5.32 Å². The van der Waals surface area contributed by atoms with E-state index in [4.69, 9.17) is 23.2 Å². The molecule has 1 aliphatic heterocycles. The van der Waals surface area contributed by atoms with Crippen molar-refractivity contribution in [3.63, 3.8) is 0 Å². The number of thioether (sulfide) groups is 1. The topological polar surface area (TPSA) is 29.1 Å². The van der Waals surface area contributed by atoms with Gasteiger partial charge in [0.05, 0.1) is 10.0 Å². The van der Waals surface area contributed by atoms with E-state index in [0.717, 1.165) is 12.1 Å². The summed E-state index contributed by atoms with van der Waals surface area (Å²) < 4.78 is 0.265. The molecule has 1 aliphatic rings. The van der Waals surface area contributed by atoms with Gasteiger partial charge in [-0.15, -0.1) is 0 Å². The molecule has 1 radical (unpaired) electrons. The Kier molecular flexibility index (Phi) is 5.67. The Hall–Kier alpha value is -1.16. The molecule has 0 saturated carbocycles. The zero-order valence-electron chi connectivity index (χ0n) is 14.2. The Labute approximate surface area is 163 Å². The molecule has 1 fully saturated rings. The van der Waals surface area contributed by atoms with E-state index >= 15 is 0 Å². The number of rotatable bonds is 4. The van der Waals surface area contributed by atoms with E-state index in [9.17, 15) is 4.79 Å². The fraction of sp³-hybridized carbons (Fsp3) is 0.300. The van der Waals surface area contributed by atoms with Crippen molar-refractivity contribution in [2.75, 3.05) is 11.1 Å². The highest BCUT2D eigenvalue weighted by Gasteiger charge is 2.35. The summed E-state index contributed by atoms with van der Waals surface area (Å²) in [7, 11) is 0. The SMILES string of the molecule is CC1(C)SCC[C]1Cc1ccc(NC(=O)c2ccc(Cl)c(Cl)c2)cc1. The minimum Gasteiger partial charge on any atom is -0.322 e. The number of hydrogen-bond donors (Lipinski definition) is 1. The molecule has 1 amide bonds. The normalized spacial score (nSPS) is 16.8. The van der Waals surface area contributed by atoms with Crippen LogP contribution in [0.5, 0.6) is 0 Å². The van der Waals surface area contributed by atoms with Crippen LogP contribution in [-0.2, 0) is 6.42 Å². The van der Waals surface area contributed by atoms with Gasteiger partial charge in [-0.1, -0.05) is 49.2 Å².